The smallest absolute Gasteiger partial charge is 0.287 e. The first-order chi connectivity index (χ1) is 8.14. The van der Waals surface area contributed by atoms with Crippen LogP contribution in [0.2, 0.25) is 0 Å². The first kappa shape index (κ1) is 17.8. The van der Waals surface area contributed by atoms with Gasteiger partial charge in [-0.25, -0.2) is 13.5 Å². The lowest BCUT2D eigenvalue weighted by molar-refractivity contribution is -0.318. The summed E-state index contributed by atoms with van der Waals surface area (Å²) in [6, 6.07) is 0. The van der Waals surface area contributed by atoms with Crippen LogP contribution in [0.3, 0.4) is 0 Å². The molecule has 10 heteroatoms. The van der Waals surface area contributed by atoms with Gasteiger partial charge in [0.2, 0.25) is 0 Å². The second kappa shape index (κ2) is 6.79. The highest BCUT2D eigenvalue weighted by Gasteiger charge is 2.62. The highest BCUT2D eigenvalue weighted by atomic mass is 31.2. The van der Waals surface area contributed by atoms with E-state index in [4.69, 9.17) is 0 Å². The maximum atomic E-state index is 12.9. The van der Waals surface area contributed by atoms with Gasteiger partial charge in [0.15, 0.2) is 6.67 Å². The molecule has 0 fully saturated rings. The fourth-order valence-corrected chi connectivity index (χ4v) is 2.05. The zero-order chi connectivity index (χ0) is 14.4. The Morgan fingerprint density at radius 2 is 1.67 bits per heavy atom. The van der Waals surface area contributed by atoms with E-state index in [-0.39, 0.29) is 19.6 Å². The van der Waals surface area contributed by atoms with E-state index in [0.717, 1.165) is 0 Å². The quantitative estimate of drug-likeness (QED) is 0.480. The molecule has 0 amide bonds. The lowest BCUT2D eigenvalue weighted by Crippen LogP contribution is -2.44. The molecular weight excluding hydrogens is 286 g/mol. The molecule has 4 nitrogen and oxygen atoms in total. The van der Waals surface area contributed by atoms with E-state index in [1.54, 1.807) is 6.92 Å². The fraction of sp³-hybridized carbons (Fsp3) is 1.00. The maximum absolute atomic E-state index is 12.9. The van der Waals surface area contributed by atoms with Gasteiger partial charge in [0, 0.05) is 0 Å². The van der Waals surface area contributed by atoms with Crippen molar-refractivity contribution in [2.45, 2.75) is 32.3 Å². The molecule has 0 N–H and O–H groups in total. The lowest BCUT2D eigenvalue weighted by Gasteiger charge is -2.27. The van der Waals surface area contributed by atoms with Crippen LogP contribution in [0.4, 0.5) is 22.0 Å². The first-order valence-electron chi connectivity index (χ1n) is 5.05. The molecule has 0 saturated heterocycles. The summed E-state index contributed by atoms with van der Waals surface area (Å²) in [4.78, 5) is 0. The van der Waals surface area contributed by atoms with Gasteiger partial charge >= 0.3 is 19.9 Å². The van der Waals surface area contributed by atoms with Crippen LogP contribution in [0.25, 0.3) is 0 Å². The lowest BCUT2D eigenvalue weighted by atomic mass is 10.3. The number of rotatable bonds is 9. The van der Waals surface area contributed by atoms with E-state index >= 15 is 0 Å². The van der Waals surface area contributed by atoms with Crippen LogP contribution in [0.5, 0.6) is 0 Å². The number of phosphoric acid groups is 1. The molecule has 1 atom stereocenters. The van der Waals surface area contributed by atoms with Gasteiger partial charge in [-0.05, 0) is 13.3 Å². The standard InChI is InChI=1S/C8H14F5O4P/c1-3-5-16-18(14,15-4-2)17-8(12,13)7(10,11)6-9/h3-6H2,1-2H3. The molecule has 0 heterocycles. The number of halogens is 5. The van der Waals surface area contributed by atoms with Crippen molar-refractivity contribution in [2.24, 2.45) is 0 Å². The van der Waals surface area contributed by atoms with Gasteiger partial charge in [0.1, 0.15) is 0 Å². The first-order valence-corrected chi connectivity index (χ1v) is 6.51. The normalized spacial score (nSPS) is 16.6. The molecule has 0 saturated carbocycles. The van der Waals surface area contributed by atoms with Crippen molar-refractivity contribution in [3.8, 4) is 0 Å². The van der Waals surface area contributed by atoms with Crippen molar-refractivity contribution in [1.82, 2.24) is 0 Å². The molecule has 0 aromatic heterocycles. The molecule has 110 valence electrons. The third kappa shape index (κ3) is 4.79. The molecule has 0 aromatic rings. The summed E-state index contributed by atoms with van der Waals surface area (Å²) in [5.41, 5.74) is 0. The summed E-state index contributed by atoms with van der Waals surface area (Å²) in [5.74, 6) is -5.12. The van der Waals surface area contributed by atoms with Crippen molar-refractivity contribution < 1.29 is 40.1 Å². The van der Waals surface area contributed by atoms with Crippen LogP contribution in [0, 0.1) is 0 Å². The van der Waals surface area contributed by atoms with E-state index in [1.165, 1.54) is 6.92 Å². The molecule has 0 aliphatic carbocycles. The Morgan fingerprint density at radius 3 is 2.06 bits per heavy atom. The SMILES string of the molecule is CCCOP(=O)(OCC)OC(F)(F)C(F)(F)CF. The summed E-state index contributed by atoms with van der Waals surface area (Å²) in [6.45, 7) is -0.492. The van der Waals surface area contributed by atoms with Crippen LogP contribution in [0.1, 0.15) is 20.3 Å². The van der Waals surface area contributed by atoms with E-state index in [2.05, 4.69) is 13.6 Å². The Kier molecular flexibility index (Phi) is 6.70. The van der Waals surface area contributed by atoms with Crippen LogP contribution in [0.15, 0.2) is 0 Å². The van der Waals surface area contributed by atoms with Crippen LogP contribution in [-0.4, -0.2) is 31.9 Å². The second-order valence-electron chi connectivity index (χ2n) is 3.14. The summed E-state index contributed by atoms with van der Waals surface area (Å²) < 4.78 is 86.3. The Hall–Kier alpha value is -0.240. The maximum Gasteiger partial charge on any atom is 0.479 e. The largest absolute Gasteiger partial charge is 0.479 e. The Labute approximate surface area is 101 Å². The highest BCUT2D eigenvalue weighted by molar-refractivity contribution is 7.48. The molecule has 0 aliphatic heterocycles. The van der Waals surface area contributed by atoms with E-state index < -0.39 is 26.5 Å². The van der Waals surface area contributed by atoms with Crippen LogP contribution in [-0.2, 0) is 18.1 Å². The minimum absolute atomic E-state index is 0.269. The minimum atomic E-state index is -5.29. The summed E-state index contributed by atoms with van der Waals surface area (Å²) in [7, 11) is -4.86. The molecule has 0 aliphatic rings. The average molecular weight is 300 g/mol. The minimum Gasteiger partial charge on any atom is -0.287 e. The molecule has 0 aromatic carbocycles. The van der Waals surface area contributed by atoms with Gasteiger partial charge in [-0.1, -0.05) is 6.92 Å². The van der Waals surface area contributed by atoms with Crippen LogP contribution < -0.4 is 0 Å². The Morgan fingerprint density at radius 1 is 1.11 bits per heavy atom. The van der Waals surface area contributed by atoms with Gasteiger partial charge in [-0.2, -0.15) is 17.6 Å². The Balaban J connectivity index is 4.92. The average Bonchev–Trinajstić information content (AvgIpc) is 2.25. The monoisotopic (exact) mass is 300 g/mol. The van der Waals surface area contributed by atoms with Crippen molar-refractivity contribution in [2.75, 3.05) is 19.9 Å². The Bertz CT molecular complexity index is 299. The van der Waals surface area contributed by atoms with Crippen molar-refractivity contribution in [3.05, 3.63) is 0 Å². The van der Waals surface area contributed by atoms with E-state index in [1.807, 2.05) is 0 Å². The topological polar surface area (TPSA) is 44.8 Å². The molecular formula is C8H14F5O4P. The van der Waals surface area contributed by atoms with Crippen LogP contribution >= 0.6 is 7.82 Å². The molecule has 1 unspecified atom stereocenters. The third-order valence-electron chi connectivity index (χ3n) is 1.56. The molecule has 0 radical (unpaired) electrons. The molecule has 0 bridgehead atoms. The van der Waals surface area contributed by atoms with Gasteiger partial charge in [-0.15, -0.1) is 0 Å². The fourth-order valence-electron chi connectivity index (χ4n) is 0.736. The summed E-state index contributed by atoms with van der Waals surface area (Å²) in [6.07, 6.45) is -5.02. The van der Waals surface area contributed by atoms with E-state index in [9.17, 15) is 26.5 Å². The summed E-state index contributed by atoms with van der Waals surface area (Å²) >= 11 is 0. The number of alkyl halides is 5. The number of phosphoric ester groups is 1. The van der Waals surface area contributed by atoms with Crippen molar-refractivity contribution in [3.63, 3.8) is 0 Å². The van der Waals surface area contributed by atoms with E-state index in [0.29, 0.717) is 0 Å². The third-order valence-corrected chi connectivity index (χ3v) is 3.09. The summed E-state index contributed by atoms with van der Waals surface area (Å²) in [5, 5.41) is 0. The zero-order valence-electron chi connectivity index (χ0n) is 9.80. The molecule has 18 heavy (non-hydrogen) atoms. The van der Waals surface area contributed by atoms with Crippen molar-refractivity contribution >= 4 is 7.82 Å². The zero-order valence-corrected chi connectivity index (χ0v) is 10.7. The number of hydrogen-bond acceptors (Lipinski definition) is 4. The van der Waals surface area contributed by atoms with Crippen molar-refractivity contribution in [1.29, 1.82) is 0 Å². The van der Waals surface area contributed by atoms with Gasteiger partial charge in [0.05, 0.1) is 13.2 Å². The highest BCUT2D eigenvalue weighted by Crippen LogP contribution is 2.56. The molecule has 0 rings (SSSR count). The van der Waals surface area contributed by atoms with Gasteiger partial charge in [-0.3, -0.25) is 9.05 Å². The predicted octanol–water partition coefficient (Wildman–Crippen LogP) is 3.77. The predicted molar refractivity (Wildman–Crippen MR) is 52.4 cm³/mol. The number of hydrogen-bond donors (Lipinski definition) is 0. The van der Waals surface area contributed by atoms with Gasteiger partial charge in [0.25, 0.3) is 0 Å². The van der Waals surface area contributed by atoms with Gasteiger partial charge < -0.3 is 0 Å². The molecule has 0 spiro atoms. The second-order valence-corrected chi connectivity index (χ2v) is 4.74.